The lowest BCUT2D eigenvalue weighted by Gasteiger charge is -2.39. The number of carbonyl (C=O) groups excluding carboxylic acids is 1. The van der Waals surface area contributed by atoms with Gasteiger partial charge in [-0.2, -0.15) is 0 Å². The van der Waals surface area contributed by atoms with Crippen molar-refractivity contribution < 1.29 is 14.3 Å². The summed E-state index contributed by atoms with van der Waals surface area (Å²) < 4.78 is 13.6. The molecule has 0 bridgehead atoms. The van der Waals surface area contributed by atoms with Gasteiger partial charge in [0.05, 0.1) is 6.61 Å². The zero-order chi connectivity index (χ0) is 36.5. The van der Waals surface area contributed by atoms with E-state index in [4.69, 9.17) is 9.47 Å². The second-order valence-corrected chi connectivity index (χ2v) is 15.3. The summed E-state index contributed by atoms with van der Waals surface area (Å²) in [5.41, 5.74) is 11.3. The molecule has 0 spiro atoms. The van der Waals surface area contributed by atoms with Crippen LogP contribution in [0.25, 0.3) is 54.9 Å². The molecule has 9 rings (SSSR count). The molecule has 6 aromatic carbocycles. The monoisotopic (exact) mass is 692 g/mol. The van der Waals surface area contributed by atoms with Gasteiger partial charge in [0.15, 0.2) is 5.60 Å². The van der Waals surface area contributed by atoms with Crippen LogP contribution in [0.15, 0.2) is 146 Å². The molecule has 262 valence electrons. The van der Waals surface area contributed by atoms with Crippen LogP contribution < -0.4 is 0 Å². The van der Waals surface area contributed by atoms with E-state index in [9.17, 15) is 4.79 Å². The van der Waals surface area contributed by atoms with Crippen LogP contribution in [0.5, 0.6) is 0 Å². The number of allylic oxidation sites excluding steroid dienone is 1. The maximum absolute atomic E-state index is 13.2. The fourth-order valence-electron chi connectivity index (χ4n) is 9.72. The fourth-order valence-corrected chi connectivity index (χ4v) is 9.72. The van der Waals surface area contributed by atoms with E-state index in [1.807, 2.05) is 25.1 Å². The molecule has 3 aliphatic rings. The smallest absolute Gasteiger partial charge is 0.334 e. The van der Waals surface area contributed by atoms with Crippen molar-refractivity contribution in [2.75, 3.05) is 6.61 Å². The highest BCUT2D eigenvalue weighted by molar-refractivity contribution is 6.09. The maximum atomic E-state index is 13.2. The number of esters is 1. The average Bonchev–Trinajstić information content (AvgIpc) is 3.88. The molecular weight excluding hydrogens is 649 g/mol. The Morgan fingerprint density at radius 1 is 0.736 bits per heavy atom. The van der Waals surface area contributed by atoms with Gasteiger partial charge in [0.25, 0.3) is 0 Å². The van der Waals surface area contributed by atoms with Crippen molar-refractivity contribution in [1.29, 1.82) is 0 Å². The molecule has 3 nitrogen and oxygen atoms in total. The summed E-state index contributed by atoms with van der Waals surface area (Å²) in [5.74, 6) is -0.0261. The molecule has 3 heteroatoms. The lowest BCUT2D eigenvalue weighted by molar-refractivity contribution is -0.147. The van der Waals surface area contributed by atoms with Crippen LogP contribution in [-0.2, 0) is 25.5 Å². The first-order chi connectivity index (χ1) is 25.8. The van der Waals surface area contributed by atoms with Crippen molar-refractivity contribution in [3.63, 3.8) is 0 Å². The maximum Gasteiger partial charge on any atom is 0.334 e. The van der Waals surface area contributed by atoms with Gasteiger partial charge >= 0.3 is 5.97 Å². The number of carbonyl (C=O) groups is 1. The van der Waals surface area contributed by atoms with Crippen molar-refractivity contribution in [2.24, 2.45) is 5.92 Å². The highest BCUT2D eigenvalue weighted by Crippen LogP contribution is 2.60. The molecule has 6 aromatic rings. The molecule has 1 fully saturated rings. The summed E-state index contributed by atoms with van der Waals surface area (Å²) in [5, 5.41) is 4.79. The second-order valence-electron chi connectivity index (χ2n) is 15.3. The molecule has 0 saturated heterocycles. The standard InChI is InChI=1S/C50H44O3/c1-6-28-49(53-48(51)32(4)5)43-21-12-11-18-41(43)46-39-20-13-19-36(38(39)25-27-45(46)49)34-23-26-44-42(29-34)40-24-22-33-14-7-10-17-37(33)47(40)50(44,52-30-31(2)3)35-15-8-9-16-35/h6-7,10-14,17-29,35H,2,4,8-9,15-16,30H2,1,3,5H3/b28-6+. The first-order valence-electron chi connectivity index (χ1n) is 18.9. The Labute approximate surface area is 312 Å². The Kier molecular flexibility index (Phi) is 7.90. The minimum Gasteiger partial charge on any atom is -0.441 e. The van der Waals surface area contributed by atoms with Crippen LogP contribution in [0.1, 0.15) is 68.7 Å². The Morgan fingerprint density at radius 3 is 2.26 bits per heavy atom. The minimum absolute atomic E-state index is 0.371. The van der Waals surface area contributed by atoms with Gasteiger partial charge in [-0.3, -0.25) is 0 Å². The molecule has 0 amide bonds. The zero-order valence-electron chi connectivity index (χ0n) is 30.8. The number of fused-ring (bicyclic) bond motifs is 10. The molecule has 0 aliphatic heterocycles. The van der Waals surface area contributed by atoms with E-state index in [1.165, 1.54) is 45.9 Å². The van der Waals surface area contributed by atoms with E-state index < -0.39 is 17.2 Å². The molecule has 2 unspecified atom stereocenters. The number of rotatable bonds is 8. The predicted octanol–water partition coefficient (Wildman–Crippen LogP) is 12.6. The number of benzene rings is 6. The van der Waals surface area contributed by atoms with E-state index in [-0.39, 0.29) is 0 Å². The fraction of sp³-hybridized carbons (Fsp3) is 0.220. The normalized spacial score (nSPS) is 20.1. The lowest BCUT2D eigenvalue weighted by Crippen LogP contribution is -2.37. The van der Waals surface area contributed by atoms with Crippen molar-refractivity contribution in [3.8, 4) is 33.4 Å². The number of ether oxygens (including phenoxy) is 2. The van der Waals surface area contributed by atoms with E-state index in [0.717, 1.165) is 62.6 Å². The molecule has 0 heterocycles. The van der Waals surface area contributed by atoms with Gasteiger partial charge in [-0.1, -0.05) is 141 Å². The predicted molar refractivity (Wildman–Crippen MR) is 218 cm³/mol. The Balaban J connectivity index is 1.27. The highest BCUT2D eigenvalue weighted by atomic mass is 16.6. The Morgan fingerprint density at radius 2 is 1.47 bits per heavy atom. The molecule has 1 saturated carbocycles. The van der Waals surface area contributed by atoms with Crippen LogP contribution in [0.2, 0.25) is 0 Å². The van der Waals surface area contributed by atoms with Crippen LogP contribution in [0.3, 0.4) is 0 Å². The quantitative estimate of drug-likeness (QED) is 0.0905. The first kappa shape index (κ1) is 33.3. The molecule has 0 radical (unpaired) electrons. The summed E-state index contributed by atoms with van der Waals surface area (Å²) in [6, 6.07) is 39.7. The number of hydrogen-bond donors (Lipinski definition) is 0. The first-order valence-corrected chi connectivity index (χ1v) is 18.9. The number of hydrogen-bond acceptors (Lipinski definition) is 3. The average molecular weight is 693 g/mol. The SMILES string of the molecule is C=C(C)COC1(C2CCCC2)c2ccc(-c3cccc4c5c(ccc34)C(/C=C/C)(OC(=O)C(=C)C)c3ccccc3-5)cc2-c2ccc3ccccc3c21. The van der Waals surface area contributed by atoms with E-state index in [1.54, 1.807) is 6.92 Å². The van der Waals surface area contributed by atoms with Crippen molar-refractivity contribution in [1.82, 2.24) is 0 Å². The minimum atomic E-state index is -1.05. The molecule has 3 aliphatic carbocycles. The van der Waals surface area contributed by atoms with Gasteiger partial charge in [0.2, 0.25) is 0 Å². The van der Waals surface area contributed by atoms with Crippen molar-refractivity contribution >= 4 is 27.5 Å². The molecule has 53 heavy (non-hydrogen) atoms. The van der Waals surface area contributed by atoms with Gasteiger partial charge in [-0.25, -0.2) is 4.79 Å². The lowest BCUT2D eigenvalue weighted by atomic mass is 9.76. The summed E-state index contributed by atoms with van der Waals surface area (Å²) in [4.78, 5) is 13.2. The van der Waals surface area contributed by atoms with Crippen LogP contribution in [0.4, 0.5) is 0 Å². The van der Waals surface area contributed by atoms with Crippen molar-refractivity contribution in [2.45, 2.75) is 57.7 Å². The molecule has 0 aromatic heterocycles. The summed E-state index contributed by atoms with van der Waals surface area (Å²) in [6.07, 6.45) is 8.71. The molecular formula is C50H44O3. The topological polar surface area (TPSA) is 35.5 Å². The third-order valence-corrected chi connectivity index (χ3v) is 11.9. The van der Waals surface area contributed by atoms with Gasteiger partial charge in [-0.05, 0) is 112 Å². The van der Waals surface area contributed by atoms with Crippen molar-refractivity contribution in [3.05, 3.63) is 168 Å². The molecule has 2 atom stereocenters. The third kappa shape index (κ3) is 4.87. The van der Waals surface area contributed by atoms with Gasteiger partial charge in [0.1, 0.15) is 5.60 Å². The van der Waals surface area contributed by atoms with Crippen LogP contribution in [-0.4, -0.2) is 12.6 Å². The Bertz CT molecular complexity index is 2550. The van der Waals surface area contributed by atoms with E-state index in [2.05, 4.69) is 123 Å². The largest absolute Gasteiger partial charge is 0.441 e. The highest BCUT2D eigenvalue weighted by Gasteiger charge is 2.52. The molecule has 0 N–H and O–H groups in total. The summed E-state index contributed by atoms with van der Waals surface area (Å²) >= 11 is 0. The van der Waals surface area contributed by atoms with Gasteiger partial charge < -0.3 is 9.47 Å². The van der Waals surface area contributed by atoms with Crippen LogP contribution in [0, 0.1) is 5.92 Å². The van der Waals surface area contributed by atoms with Crippen LogP contribution >= 0.6 is 0 Å². The summed E-state index contributed by atoms with van der Waals surface area (Å²) in [6.45, 7) is 14.4. The second kappa shape index (κ2) is 12.6. The third-order valence-electron chi connectivity index (χ3n) is 11.9. The van der Waals surface area contributed by atoms with E-state index in [0.29, 0.717) is 18.1 Å². The Hall–Kier alpha value is -5.51. The van der Waals surface area contributed by atoms with Gasteiger partial charge in [-0.15, -0.1) is 0 Å². The van der Waals surface area contributed by atoms with E-state index >= 15 is 0 Å². The summed E-state index contributed by atoms with van der Waals surface area (Å²) in [7, 11) is 0. The zero-order valence-corrected chi connectivity index (χ0v) is 30.8. The van der Waals surface area contributed by atoms with Gasteiger partial charge in [0, 0.05) is 22.3 Å².